The molecule has 2 aliphatic rings. The summed E-state index contributed by atoms with van der Waals surface area (Å²) in [6.45, 7) is 7.00. The van der Waals surface area contributed by atoms with E-state index in [1.165, 1.54) is 0 Å². The lowest BCUT2D eigenvalue weighted by Gasteiger charge is -2.36. The first kappa shape index (κ1) is 16.9. The summed E-state index contributed by atoms with van der Waals surface area (Å²) >= 11 is 0. The highest BCUT2D eigenvalue weighted by Gasteiger charge is 2.30. The third-order valence-electron chi connectivity index (χ3n) is 4.59. The van der Waals surface area contributed by atoms with Crippen molar-refractivity contribution < 1.29 is 13.9 Å². The Bertz CT molecular complexity index is 662. The highest BCUT2D eigenvalue weighted by Crippen LogP contribution is 2.19. The minimum atomic E-state index is -0.816. The van der Waals surface area contributed by atoms with Gasteiger partial charge in [-0.25, -0.2) is 4.98 Å². The second kappa shape index (κ2) is 6.88. The second-order valence-corrected chi connectivity index (χ2v) is 6.62. The first-order valence-electron chi connectivity index (χ1n) is 8.38. The number of hydrogen-bond donors (Lipinski definition) is 1. The van der Waals surface area contributed by atoms with Gasteiger partial charge in [0.15, 0.2) is 0 Å². The number of carbonyl (C=O) groups excluding carboxylic acids is 1. The minimum Gasteiger partial charge on any atom is -0.381 e. The Morgan fingerprint density at radius 2 is 2.04 bits per heavy atom. The Morgan fingerprint density at radius 1 is 1.33 bits per heavy atom. The van der Waals surface area contributed by atoms with E-state index in [0.29, 0.717) is 45.3 Å². The maximum atomic E-state index is 13.9. The number of aromatic nitrogens is 2. The summed E-state index contributed by atoms with van der Waals surface area (Å²) in [5.41, 5.74) is -0.569. The van der Waals surface area contributed by atoms with Crippen molar-refractivity contribution in [1.82, 2.24) is 14.9 Å². The van der Waals surface area contributed by atoms with Crippen LogP contribution in [0.25, 0.3) is 0 Å². The van der Waals surface area contributed by atoms with Gasteiger partial charge in [0.25, 0.3) is 5.56 Å². The van der Waals surface area contributed by atoms with Gasteiger partial charge in [0, 0.05) is 32.8 Å². The zero-order chi connectivity index (χ0) is 17.3. The highest BCUT2D eigenvalue weighted by atomic mass is 19.1. The molecule has 8 heteroatoms. The molecule has 1 atom stereocenters. The number of rotatable bonds is 3. The van der Waals surface area contributed by atoms with Gasteiger partial charge >= 0.3 is 0 Å². The fourth-order valence-electron chi connectivity index (χ4n) is 3.12. The van der Waals surface area contributed by atoms with Gasteiger partial charge in [0.1, 0.15) is 0 Å². The molecule has 0 spiro atoms. The summed E-state index contributed by atoms with van der Waals surface area (Å²) in [5.74, 6) is -0.509. The lowest BCUT2D eigenvalue weighted by Crippen LogP contribution is -2.51. The molecule has 0 aromatic carbocycles. The third kappa shape index (κ3) is 3.28. The van der Waals surface area contributed by atoms with Gasteiger partial charge in [0.05, 0.1) is 18.2 Å². The monoisotopic (exact) mass is 338 g/mol. The van der Waals surface area contributed by atoms with E-state index in [4.69, 9.17) is 4.74 Å². The van der Waals surface area contributed by atoms with E-state index in [9.17, 15) is 14.0 Å². The van der Waals surface area contributed by atoms with Crippen LogP contribution >= 0.6 is 0 Å². The Kier molecular flexibility index (Phi) is 4.84. The molecule has 0 saturated carbocycles. The summed E-state index contributed by atoms with van der Waals surface area (Å²) in [4.78, 5) is 34.7. The number of ether oxygens (including phenoxy) is 1. The Labute approximate surface area is 139 Å². The molecule has 132 valence electrons. The van der Waals surface area contributed by atoms with Crippen molar-refractivity contribution in [3.05, 3.63) is 21.9 Å². The van der Waals surface area contributed by atoms with E-state index in [-0.39, 0.29) is 23.4 Å². The van der Waals surface area contributed by atoms with Gasteiger partial charge in [-0.05, 0) is 12.3 Å². The van der Waals surface area contributed by atoms with Gasteiger partial charge in [-0.1, -0.05) is 13.8 Å². The molecule has 1 aromatic heterocycles. The zero-order valence-corrected chi connectivity index (χ0v) is 14.0. The molecule has 2 saturated heterocycles. The van der Waals surface area contributed by atoms with Crippen molar-refractivity contribution in [2.24, 2.45) is 5.92 Å². The maximum Gasteiger partial charge on any atom is 0.288 e. The SMILES string of the molecule is CC(C)c1nc(N2CCN(C(=O)C3CCOC3)CC2)[nH]c(=O)c1F. The van der Waals surface area contributed by atoms with E-state index in [0.717, 1.165) is 6.42 Å². The average molecular weight is 338 g/mol. The molecule has 3 heterocycles. The van der Waals surface area contributed by atoms with Crippen molar-refractivity contribution in [1.29, 1.82) is 0 Å². The quantitative estimate of drug-likeness (QED) is 0.878. The summed E-state index contributed by atoms with van der Waals surface area (Å²) in [6.07, 6.45) is 0.781. The lowest BCUT2D eigenvalue weighted by molar-refractivity contribution is -0.135. The number of anilines is 1. The van der Waals surface area contributed by atoms with Crippen LogP contribution < -0.4 is 10.5 Å². The molecule has 0 bridgehead atoms. The largest absolute Gasteiger partial charge is 0.381 e. The standard InChI is InChI=1S/C16H23FN4O3/c1-10(2)13-12(17)14(22)19-16(18-13)21-6-4-20(5-7-21)15(23)11-3-8-24-9-11/h10-11H,3-9H2,1-2H3,(H,18,19,22). The van der Waals surface area contributed by atoms with E-state index in [1.807, 2.05) is 9.80 Å². The van der Waals surface area contributed by atoms with E-state index in [1.54, 1.807) is 13.8 Å². The molecule has 0 radical (unpaired) electrons. The smallest absolute Gasteiger partial charge is 0.288 e. The topological polar surface area (TPSA) is 78.5 Å². The number of aromatic amines is 1. The zero-order valence-electron chi connectivity index (χ0n) is 14.0. The van der Waals surface area contributed by atoms with Crippen molar-refractivity contribution >= 4 is 11.9 Å². The number of amides is 1. The first-order valence-corrected chi connectivity index (χ1v) is 8.38. The molecule has 1 aromatic rings. The van der Waals surface area contributed by atoms with Crippen LogP contribution in [0, 0.1) is 11.7 Å². The molecule has 1 amide bonds. The molecule has 3 rings (SSSR count). The lowest BCUT2D eigenvalue weighted by atomic mass is 10.1. The second-order valence-electron chi connectivity index (χ2n) is 6.62. The number of nitrogens with one attached hydrogen (secondary N) is 1. The van der Waals surface area contributed by atoms with Crippen molar-refractivity contribution in [2.45, 2.75) is 26.2 Å². The highest BCUT2D eigenvalue weighted by molar-refractivity contribution is 5.79. The van der Waals surface area contributed by atoms with Crippen LogP contribution in [0.1, 0.15) is 31.9 Å². The summed E-state index contributed by atoms with van der Waals surface area (Å²) < 4.78 is 19.1. The van der Waals surface area contributed by atoms with Gasteiger partial charge in [0.2, 0.25) is 17.7 Å². The molecule has 2 aliphatic heterocycles. The van der Waals surface area contributed by atoms with Crippen molar-refractivity contribution in [3.8, 4) is 0 Å². The summed E-state index contributed by atoms with van der Waals surface area (Å²) in [6, 6.07) is 0. The number of carbonyl (C=O) groups is 1. The molecule has 1 unspecified atom stereocenters. The van der Waals surface area contributed by atoms with Gasteiger partial charge < -0.3 is 14.5 Å². The van der Waals surface area contributed by atoms with Gasteiger partial charge in [-0.3, -0.25) is 14.6 Å². The van der Waals surface area contributed by atoms with Gasteiger partial charge in [-0.15, -0.1) is 0 Å². The summed E-state index contributed by atoms with van der Waals surface area (Å²) in [7, 11) is 0. The molecular formula is C16H23FN4O3. The first-order chi connectivity index (χ1) is 11.5. The molecule has 1 N–H and O–H groups in total. The molecule has 2 fully saturated rings. The minimum absolute atomic E-state index is 0.0344. The Balaban J connectivity index is 1.68. The molecule has 7 nitrogen and oxygen atoms in total. The van der Waals surface area contributed by atoms with Crippen molar-refractivity contribution in [3.63, 3.8) is 0 Å². The Hall–Kier alpha value is -1.96. The predicted octanol–water partition coefficient (Wildman–Crippen LogP) is 0.717. The van der Waals surface area contributed by atoms with E-state index >= 15 is 0 Å². The average Bonchev–Trinajstić information content (AvgIpc) is 3.11. The summed E-state index contributed by atoms with van der Waals surface area (Å²) in [5, 5.41) is 0. The van der Waals surface area contributed by atoms with Crippen LogP contribution in [0.4, 0.5) is 10.3 Å². The fourth-order valence-corrected chi connectivity index (χ4v) is 3.12. The molecule has 0 aliphatic carbocycles. The fraction of sp³-hybridized carbons (Fsp3) is 0.688. The van der Waals surface area contributed by atoms with Crippen molar-refractivity contribution in [2.75, 3.05) is 44.3 Å². The van der Waals surface area contributed by atoms with E-state index < -0.39 is 11.4 Å². The van der Waals surface area contributed by atoms with Crippen LogP contribution in [-0.2, 0) is 9.53 Å². The predicted molar refractivity (Wildman–Crippen MR) is 86.6 cm³/mol. The van der Waals surface area contributed by atoms with E-state index in [2.05, 4.69) is 9.97 Å². The van der Waals surface area contributed by atoms with Crippen LogP contribution in [-0.4, -0.2) is 60.2 Å². The molecular weight excluding hydrogens is 315 g/mol. The third-order valence-corrected chi connectivity index (χ3v) is 4.59. The number of piperazine rings is 1. The number of hydrogen-bond acceptors (Lipinski definition) is 5. The number of halogens is 1. The van der Waals surface area contributed by atoms with Crippen LogP contribution in [0.2, 0.25) is 0 Å². The molecule has 24 heavy (non-hydrogen) atoms. The van der Waals surface area contributed by atoms with Crippen LogP contribution in [0.5, 0.6) is 0 Å². The number of nitrogens with zero attached hydrogens (tertiary/aromatic N) is 3. The Morgan fingerprint density at radius 3 is 2.62 bits per heavy atom. The van der Waals surface area contributed by atoms with Gasteiger partial charge in [-0.2, -0.15) is 4.39 Å². The van der Waals surface area contributed by atoms with Crippen LogP contribution in [0.3, 0.4) is 0 Å². The van der Waals surface area contributed by atoms with Crippen LogP contribution in [0.15, 0.2) is 4.79 Å². The normalized spacial score (nSPS) is 21.6. The number of H-pyrrole nitrogens is 1. The maximum absolute atomic E-state index is 13.9.